The lowest BCUT2D eigenvalue weighted by atomic mass is 9.93. The number of hydrogen-bond donors (Lipinski definition) is 1. The average Bonchev–Trinajstić information content (AvgIpc) is 2.63. The van der Waals surface area contributed by atoms with E-state index < -0.39 is 0 Å². The second-order valence-corrected chi connectivity index (χ2v) is 5.43. The van der Waals surface area contributed by atoms with Crippen LogP contribution in [0.4, 0.5) is 0 Å². The molecule has 92 valence electrons. The first-order valence-corrected chi connectivity index (χ1v) is 5.83. The van der Waals surface area contributed by atoms with E-state index in [4.69, 9.17) is 16.3 Å². The molecule has 0 aromatic carbocycles. The molecule has 0 amide bonds. The average molecular weight is 255 g/mol. The van der Waals surface area contributed by atoms with Gasteiger partial charge < -0.3 is 4.74 Å². The topological polar surface area (TPSA) is 63.7 Å². The van der Waals surface area contributed by atoms with Gasteiger partial charge in [-0.25, -0.2) is 0 Å². The van der Waals surface area contributed by atoms with Crippen molar-refractivity contribution in [3.63, 3.8) is 0 Å². The molecule has 0 radical (unpaired) electrons. The lowest BCUT2D eigenvalue weighted by Gasteiger charge is -2.17. The van der Waals surface area contributed by atoms with Crippen LogP contribution in [-0.2, 0) is 0 Å². The molecular formula is C11H15ClN4O. The molecule has 0 aliphatic carbocycles. The molecule has 0 fully saturated rings. The van der Waals surface area contributed by atoms with Gasteiger partial charge in [-0.1, -0.05) is 20.8 Å². The van der Waals surface area contributed by atoms with Gasteiger partial charge in [0, 0.05) is 0 Å². The summed E-state index contributed by atoms with van der Waals surface area (Å²) in [6, 6.07) is 0. The number of nitrogens with zero attached hydrogens (tertiary/aromatic N) is 3. The Hall–Kier alpha value is -1.36. The Morgan fingerprint density at radius 2 is 2.12 bits per heavy atom. The molecule has 6 heteroatoms. The van der Waals surface area contributed by atoms with Crippen LogP contribution >= 0.6 is 11.6 Å². The Bertz CT molecular complexity index is 518. The summed E-state index contributed by atoms with van der Waals surface area (Å²) < 4.78 is 5.64. The van der Waals surface area contributed by atoms with Crippen LogP contribution < -0.4 is 4.74 Å². The number of halogens is 1. The van der Waals surface area contributed by atoms with E-state index >= 15 is 0 Å². The van der Waals surface area contributed by atoms with Crippen LogP contribution in [0.3, 0.4) is 0 Å². The fraction of sp³-hybridized carbons (Fsp3) is 0.545. The highest BCUT2D eigenvalue weighted by Crippen LogP contribution is 2.24. The van der Waals surface area contributed by atoms with E-state index in [2.05, 4.69) is 40.9 Å². The Morgan fingerprint density at radius 1 is 1.35 bits per heavy atom. The number of H-pyrrole nitrogens is 1. The molecule has 0 aliphatic heterocycles. The van der Waals surface area contributed by atoms with E-state index in [1.807, 2.05) is 0 Å². The molecule has 0 bridgehead atoms. The summed E-state index contributed by atoms with van der Waals surface area (Å²) in [7, 11) is 0. The Balaban J connectivity index is 2.15. The van der Waals surface area contributed by atoms with Gasteiger partial charge in [0.2, 0.25) is 11.2 Å². The van der Waals surface area contributed by atoms with Crippen molar-refractivity contribution in [2.45, 2.75) is 27.2 Å². The lowest BCUT2D eigenvalue weighted by Crippen LogP contribution is -2.11. The first-order valence-electron chi connectivity index (χ1n) is 5.45. The fourth-order valence-electron chi connectivity index (χ4n) is 1.35. The summed E-state index contributed by atoms with van der Waals surface area (Å²) in [6.07, 6.45) is 2.58. The van der Waals surface area contributed by atoms with E-state index in [1.165, 1.54) is 0 Å². The van der Waals surface area contributed by atoms with Crippen molar-refractivity contribution in [2.75, 3.05) is 6.61 Å². The summed E-state index contributed by atoms with van der Waals surface area (Å²) >= 11 is 5.80. The number of ether oxygens (including phenoxy) is 1. The minimum atomic E-state index is 0.160. The molecule has 2 heterocycles. The molecule has 2 aromatic rings. The molecule has 0 aliphatic rings. The smallest absolute Gasteiger partial charge is 0.229 e. The van der Waals surface area contributed by atoms with E-state index in [-0.39, 0.29) is 10.7 Å². The predicted octanol–water partition coefficient (Wildman–Crippen LogP) is 2.82. The highest BCUT2D eigenvalue weighted by atomic mass is 35.5. The van der Waals surface area contributed by atoms with Gasteiger partial charge in [0.05, 0.1) is 12.8 Å². The van der Waals surface area contributed by atoms with Crippen molar-refractivity contribution in [1.82, 2.24) is 20.2 Å². The zero-order chi connectivity index (χ0) is 12.5. The Morgan fingerprint density at radius 3 is 2.82 bits per heavy atom. The van der Waals surface area contributed by atoms with Crippen LogP contribution in [0.15, 0.2) is 6.20 Å². The number of nitrogens with one attached hydrogen (secondary N) is 1. The standard InChI is InChI=1S/C11H15ClN4O/c1-11(2,3)4-5-17-9-7-6-13-16-8(7)14-10(12)15-9/h6H,4-5H2,1-3H3,(H,13,14,15,16). The van der Waals surface area contributed by atoms with Gasteiger partial charge in [-0.2, -0.15) is 15.1 Å². The van der Waals surface area contributed by atoms with E-state index in [0.29, 0.717) is 18.1 Å². The van der Waals surface area contributed by atoms with Gasteiger partial charge in [0.1, 0.15) is 5.39 Å². The van der Waals surface area contributed by atoms with Crippen molar-refractivity contribution < 1.29 is 4.74 Å². The Labute approximate surface area is 105 Å². The van der Waals surface area contributed by atoms with Crippen molar-refractivity contribution >= 4 is 22.6 Å². The Kier molecular flexibility index (Phi) is 3.19. The van der Waals surface area contributed by atoms with Crippen molar-refractivity contribution in [1.29, 1.82) is 0 Å². The van der Waals surface area contributed by atoms with Crippen LogP contribution in [0.25, 0.3) is 11.0 Å². The van der Waals surface area contributed by atoms with Crippen LogP contribution in [0.1, 0.15) is 27.2 Å². The first-order chi connectivity index (χ1) is 7.96. The fourth-order valence-corrected chi connectivity index (χ4v) is 1.51. The quantitative estimate of drug-likeness (QED) is 0.856. The number of hydrogen-bond acceptors (Lipinski definition) is 4. The van der Waals surface area contributed by atoms with Gasteiger partial charge in [0.15, 0.2) is 5.65 Å². The van der Waals surface area contributed by atoms with Crippen LogP contribution in [-0.4, -0.2) is 26.8 Å². The third-order valence-electron chi connectivity index (χ3n) is 2.34. The highest BCUT2D eigenvalue weighted by Gasteiger charge is 2.13. The molecular weight excluding hydrogens is 240 g/mol. The molecule has 2 rings (SSSR count). The molecule has 0 spiro atoms. The predicted molar refractivity (Wildman–Crippen MR) is 66.3 cm³/mol. The maximum absolute atomic E-state index is 5.80. The molecule has 0 saturated carbocycles. The molecule has 0 atom stereocenters. The maximum atomic E-state index is 5.80. The third-order valence-corrected chi connectivity index (χ3v) is 2.51. The summed E-state index contributed by atoms with van der Waals surface area (Å²) in [5.41, 5.74) is 0.822. The molecule has 2 aromatic heterocycles. The molecule has 1 N–H and O–H groups in total. The van der Waals surface area contributed by atoms with Gasteiger partial charge in [0.25, 0.3) is 0 Å². The van der Waals surface area contributed by atoms with Gasteiger partial charge >= 0.3 is 0 Å². The summed E-state index contributed by atoms with van der Waals surface area (Å²) in [5, 5.41) is 7.55. The number of aromatic nitrogens is 4. The summed E-state index contributed by atoms with van der Waals surface area (Å²) in [6.45, 7) is 7.08. The van der Waals surface area contributed by atoms with E-state index in [1.54, 1.807) is 6.20 Å². The van der Waals surface area contributed by atoms with Crippen molar-refractivity contribution in [3.8, 4) is 5.88 Å². The largest absolute Gasteiger partial charge is 0.477 e. The maximum Gasteiger partial charge on any atom is 0.229 e. The first kappa shape index (κ1) is 12.1. The minimum absolute atomic E-state index is 0.160. The van der Waals surface area contributed by atoms with Crippen LogP contribution in [0.5, 0.6) is 5.88 Å². The van der Waals surface area contributed by atoms with Crippen LogP contribution in [0.2, 0.25) is 5.28 Å². The van der Waals surface area contributed by atoms with Gasteiger partial charge in [-0.15, -0.1) is 0 Å². The lowest BCUT2D eigenvalue weighted by molar-refractivity contribution is 0.238. The second-order valence-electron chi connectivity index (χ2n) is 5.09. The zero-order valence-electron chi connectivity index (χ0n) is 10.1. The number of fused-ring (bicyclic) bond motifs is 1. The molecule has 5 nitrogen and oxygen atoms in total. The summed E-state index contributed by atoms with van der Waals surface area (Å²) in [4.78, 5) is 8.07. The normalized spacial score (nSPS) is 12.0. The van der Waals surface area contributed by atoms with Gasteiger partial charge in [-0.3, -0.25) is 5.10 Å². The highest BCUT2D eigenvalue weighted by molar-refractivity contribution is 6.28. The second kappa shape index (κ2) is 4.49. The minimum Gasteiger partial charge on any atom is -0.477 e. The SMILES string of the molecule is CC(C)(C)CCOc1nc(Cl)nc2[nH]ncc12. The number of rotatable bonds is 3. The monoisotopic (exact) mass is 254 g/mol. The molecule has 0 unspecified atom stereocenters. The van der Waals surface area contributed by atoms with Crippen LogP contribution in [0, 0.1) is 5.41 Å². The zero-order valence-corrected chi connectivity index (χ0v) is 10.9. The van der Waals surface area contributed by atoms with E-state index in [9.17, 15) is 0 Å². The summed E-state index contributed by atoms with van der Waals surface area (Å²) in [5.74, 6) is 0.484. The van der Waals surface area contributed by atoms with Crippen molar-refractivity contribution in [3.05, 3.63) is 11.5 Å². The molecule has 17 heavy (non-hydrogen) atoms. The number of aromatic amines is 1. The van der Waals surface area contributed by atoms with E-state index in [0.717, 1.165) is 11.8 Å². The third kappa shape index (κ3) is 3.06. The molecule has 0 saturated heterocycles. The van der Waals surface area contributed by atoms with Crippen molar-refractivity contribution in [2.24, 2.45) is 5.41 Å². The van der Waals surface area contributed by atoms with Gasteiger partial charge in [-0.05, 0) is 23.4 Å².